The summed E-state index contributed by atoms with van der Waals surface area (Å²) in [6.07, 6.45) is -0.342. The predicted molar refractivity (Wildman–Crippen MR) is 57.4 cm³/mol. The molecule has 1 saturated heterocycles. The van der Waals surface area contributed by atoms with Crippen LogP contribution >= 0.6 is 0 Å². The van der Waals surface area contributed by atoms with E-state index in [4.69, 9.17) is 5.11 Å². The van der Waals surface area contributed by atoms with Crippen molar-refractivity contribution in [3.05, 3.63) is 0 Å². The van der Waals surface area contributed by atoms with Crippen molar-refractivity contribution >= 4 is 18.0 Å². The fraction of sp³-hybridized carbons (Fsp3) is 0.700. The molecule has 1 aliphatic rings. The number of nitrogens with zero attached hydrogens (tertiary/aromatic N) is 1. The van der Waals surface area contributed by atoms with Crippen LogP contribution in [0.4, 0.5) is 4.79 Å². The van der Waals surface area contributed by atoms with Gasteiger partial charge in [-0.3, -0.25) is 14.9 Å². The zero-order valence-corrected chi connectivity index (χ0v) is 9.86. The quantitative estimate of drug-likeness (QED) is 0.695. The van der Waals surface area contributed by atoms with E-state index in [1.165, 1.54) is 6.92 Å². The number of carbonyl (C=O) groups excluding carboxylic acids is 2. The second-order valence-electron chi connectivity index (χ2n) is 4.00. The number of rotatable bonds is 5. The number of amides is 2. The molecule has 1 aliphatic heterocycles. The maximum absolute atomic E-state index is 11.6. The van der Waals surface area contributed by atoms with Crippen LogP contribution in [-0.4, -0.2) is 53.2 Å². The fourth-order valence-electron chi connectivity index (χ4n) is 1.34. The molecule has 0 aromatic heterocycles. The lowest BCUT2D eigenvalue weighted by Gasteiger charge is -2.25. The molecule has 0 bridgehead atoms. The zero-order chi connectivity index (χ0) is 13.1. The molecule has 96 valence electrons. The van der Waals surface area contributed by atoms with E-state index in [9.17, 15) is 14.4 Å². The SMILES string of the molecule is CCC(C)(NCC(=O)N1CCOC1=O)C(=O)O. The van der Waals surface area contributed by atoms with Crippen LogP contribution in [0.2, 0.25) is 0 Å². The highest BCUT2D eigenvalue weighted by molar-refractivity contribution is 5.94. The summed E-state index contributed by atoms with van der Waals surface area (Å²) in [7, 11) is 0. The van der Waals surface area contributed by atoms with Gasteiger partial charge in [-0.1, -0.05) is 6.92 Å². The van der Waals surface area contributed by atoms with Gasteiger partial charge in [0.25, 0.3) is 0 Å². The number of carbonyl (C=O) groups is 3. The summed E-state index contributed by atoms with van der Waals surface area (Å²) in [6, 6.07) is 0. The largest absolute Gasteiger partial charge is 0.480 e. The van der Waals surface area contributed by atoms with Crippen LogP contribution < -0.4 is 5.32 Å². The lowest BCUT2D eigenvalue weighted by atomic mass is 9.99. The molecule has 2 amide bonds. The first-order valence-electron chi connectivity index (χ1n) is 5.36. The van der Waals surface area contributed by atoms with E-state index < -0.39 is 23.5 Å². The number of aliphatic carboxylic acids is 1. The molecule has 1 unspecified atom stereocenters. The molecule has 0 saturated carbocycles. The number of hydrogen-bond acceptors (Lipinski definition) is 5. The second-order valence-corrected chi connectivity index (χ2v) is 4.00. The number of cyclic esters (lactones) is 1. The molecular weight excluding hydrogens is 228 g/mol. The average molecular weight is 244 g/mol. The molecule has 1 heterocycles. The molecule has 17 heavy (non-hydrogen) atoms. The van der Waals surface area contributed by atoms with Crippen molar-refractivity contribution in [3.63, 3.8) is 0 Å². The summed E-state index contributed by atoms with van der Waals surface area (Å²) in [5.74, 6) is -1.51. The molecule has 0 aromatic rings. The van der Waals surface area contributed by atoms with Gasteiger partial charge in [-0.05, 0) is 13.3 Å². The van der Waals surface area contributed by atoms with Crippen LogP contribution in [0.3, 0.4) is 0 Å². The molecule has 7 nitrogen and oxygen atoms in total. The first-order valence-corrected chi connectivity index (χ1v) is 5.36. The maximum Gasteiger partial charge on any atom is 0.416 e. The van der Waals surface area contributed by atoms with Crippen molar-refractivity contribution < 1.29 is 24.2 Å². The highest BCUT2D eigenvalue weighted by Gasteiger charge is 2.33. The molecular formula is C10H16N2O5. The minimum absolute atomic E-state index is 0.189. The van der Waals surface area contributed by atoms with Gasteiger partial charge in [-0.2, -0.15) is 0 Å². The molecule has 1 fully saturated rings. The number of ether oxygens (including phenoxy) is 1. The van der Waals surface area contributed by atoms with Gasteiger partial charge in [0.2, 0.25) is 5.91 Å². The Bertz CT molecular complexity index is 344. The molecule has 0 aromatic carbocycles. The van der Waals surface area contributed by atoms with Gasteiger partial charge >= 0.3 is 12.1 Å². The second kappa shape index (κ2) is 5.13. The Kier molecular flexibility index (Phi) is 4.06. The first kappa shape index (κ1) is 13.4. The Balaban J connectivity index is 2.52. The number of nitrogens with one attached hydrogen (secondary N) is 1. The Labute approximate surface area is 98.7 Å². The summed E-state index contributed by atoms with van der Waals surface area (Å²) in [4.78, 5) is 34.6. The van der Waals surface area contributed by atoms with Crippen LogP contribution in [0.15, 0.2) is 0 Å². The van der Waals surface area contributed by atoms with Gasteiger partial charge in [0.05, 0.1) is 13.1 Å². The topological polar surface area (TPSA) is 95.9 Å². The van der Waals surface area contributed by atoms with Gasteiger partial charge in [0.15, 0.2) is 0 Å². The van der Waals surface area contributed by atoms with Gasteiger partial charge in [0.1, 0.15) is 12.1 Å². The minimum Gasteiger partial charge on any atom is -0.480 e. The van der Waals surface area contributed by atoms with E-state index in [2.05, 4.69) is 10.1 Å². The Morgan fingerprint density at radius 2 is 2.24 bits per heavy atom. The normalized spacial score (nSPS) is 18.7. The lowest BCUT2D eigenvalue weighted by molar-refractivity contribution is -0.144. The van der Waals surface area contributed by atoms with Gasteiger partial charge < -0.3 is 9.84 Å². The van der Waals surface area contributed by atoms with Crippen LogP contribution in [-0.2, 0) is 14.3 Å². The van der Waals surface area contributed by atoms with E-state index in [1.807, 2.05) is 0 Å². The molecule has 1 rings (SSSR count). The molecule has 2 N–H and O–H groups in total. The molecule has 1 atom stereocenters. The Morgan fingerprint density at radius 1 is 1.59 bits per heavy atom. The molecule has 0 aliphatic carbocycles. The fourth-order valence-corrected chi connectivity index (χ4v) is 1.34. The van der Waals surface area contributed by atoms with Crippen LogP contribution in [0.25, 0.3) is 0 Å². The van der Waals surface area contributed by atoms with Crippen molar-refractivity contribution in [1.29, 1.82) is 0 Å². The standard InChI is InChI=1S/C10H16N2O5/c1-3-10(2,8(14)15)11-6-7(13)12-4-5-17-9(12)16/h11H,3-6H2,1-2H3,(H,14,15). The lowest BCUT2D eigenvalue weighted by Crippen LogP contribution is -2.52. The van der Waals surface area contributed by atoms with Crippen molar-refractivity contribution in [1.82, 2.24) is 10.2 Å². The summed E-state index contributed by atoms with van der Waals surface area (Å²) >= 11 is 0. The van der Waals surface area contributed by atoms with E-state index in [0.717, 1.165) is 4.90 Å². The predicted octanol–water partition coefficient (Wildman–Crippen LogP) is -0.192. The van der Waals surface area contributed by atoms with E-state index in [-0.39, 0.29) is 19.7 Å². The summed E-state index contributed by atoms with van der Waals surface area (Å²) in [6.45, 7) is 3.40. The van der Waals surface area contributed by atoms with Crippen LogP contribution in [0.1, 0.15) is 20.3 Å². The average Bonchev–Trinajstić information content (AvgIpc) is 2.71. The first-order chi connectivity index (χ1) is 7.90. The number of carboxylic acid groups (broad SMARTS) is 1. The van der Waals surface area contributed by atoms with Crippen molar-refractivity contribution in [3.8, 4) is 0 Å². The van der Waals surface area contributed by atoms with E-state index >= 15 is 0 Å². The van der Waals surface area contributed by atoms with Crippen LogP contribution in [0.5, 0.6) is 0 Å². The van der Waals surface area contributed by atoms with Crippen LogP contribution in [0, 0.1) is 0 Å². The number of imide groups is 1. The summed E-state index contributed by atoms with van der Waals surface area (Å²) in [5, 5.41) is 11.6. The van der Waals surface area contributed by atoms with Crippen molar-refractivity contribution in [2.45, 2.75) is 25.8 Å². The Hall–Kier alpha value is -1.63. The molecule has 0 spiro atoms. The monoisotopic (exact) mass is 244 g/mol. The van der Waals surface area contributed by atoms with Gasteiger partial charge in [0, 0.05) is 0 Å². The van der Waals surface area contributed by atoms with Gasteiger partial charge in [-0.15, -0.1) is 0 Å². The summed E-state index contributed by atoms with van der Waals surface area (Å²) in [5.41, 5.74) is -1.17. The highest BCUT2D eigenvalue weighted by Crippen LogP contribution is 2.09. The van der Waals surface area contributed by atoms with E-state index in [1.54, 1.807) is 6.92 Å². The third kappa shape index (κ3) is 2.94. The number of hydrogen-bond donors (Lipinski definition) is 2. The molecule has 0 radical (unpaired) electrons. The van der Waals surface area contributed by atoms with E-state index in [0.29, 0.717) is 6.42 Å². The number of carboxylic acids is 1. The summed E-state index contributed by atoms with van der Waals surface area (Å²) < 4.78 is 4.61. The minimum atomic E-state index is -1.17. The Morgan fingerprint density at radius 3 is 2.65 bits per heavy atom. The third-order valence-corrected chi connectivity index (χ3v) is 2.87. The maximum atomic E-state index is 11.6. The zero-order valence-electron chi connectivity index (χ0n) is 9.86. The smallest absolute Gasteiger partial charge is 0.416 e. The highest BCUT2D eigenvalue weighted by atomic mass is 16.6. The van der Waals surface area contributed by atoms with Crippen molar-refractivity contribution in [2.75, 3.05) is 19.7 Å². The third-order valence-electron chi connectivity index (χ3n) is 2.87. The molecule has 7 heteroatoms. The van der Waals surface area contributed by atoms with Gasteiger partial charge in [-0.25, -0.2) is 9.69 Å². The van der Waals surface area contributed by atoms with Crippen molar-refractivity contribution in [2.24, 2.45) is 0 Å².